The second-order valence-electron chi connectivity index (χ2n) is 5.02. The Labute approximate surface area is 117 Å². The smallest absolute Gasteiger partial charge is 0.163 e. The van der Waals surface area contributed by atoms with Crippen molar-refractivity contribution in [2.24, 2.45) is 0 Å². The van der Waals surface area contributed by atoms with E-state index in [1.54, 1.807) is 6.20 Å². The summed E-state index contributed by atoms with van der Waals surface area (Å²) in [7, 11) is 0. The van der Waals surface area contributed by atoms with Gasteiger partial charge in [0.25, 0.3) is 0 Å². The summed E-state index contributed by atoms with van der Waals surface area (Å²) in [5, 5.41) is 0. The minimum atomic E-state index is 0.190. The minimum absolute atomic E-state index is 0.190. The molecule has 0 unspecified atom stereocenters. The third kappa shape index (κ3) is 2.62. The second kappa shape index (κ2) is 5.29. The topological polar surface area (TPSA) is 34.4 Å². The molecule has 0 aliphatic carbocycles. The molecule has 0 amide bonds. The Kier molecular flexibility index (Phi) is 3.33. The molecule has 3 heteroatoms. The maximum Gasteiger partial charge on any atom is 0.163 e. The van der Waals surface area contributed by atoms with E-state index in [1.165, 1.54) is 5.56 Å². The van der Waals surface area contributed by atoms with E-state index in [9.17, 15) is 4.79 Å². The lowest BCUT2D eigenvalue weighted by Gasteiger charge is -2.03. The average Bonchev–Trinajstić information content (AvgIpc) is 2.93. The molecular formula is C17H16N2O. The van der Waals surface area contributed by atoms with Gasteiger partial charge in [-0.25, -0.2) is 4.98 Å². The van der Waals surface area contributed by atoms with Crippen molar-refractivity contribution in [2.45, 2.75) is 19.8 Å². The number of rotatable bonds is 4. The summed E-state index contributed by atoms with van der Waals surface area (Å²) >= 11 is 0. The van der Waals surface area contributed by atoms with E-state index in [1.807, 2.05) is 60.1 Å². The van der Waals surface area contributed by atoms with E-state index in [0.717, 1.165) is 23.2 Å². The number of hydrogen-bond donors (Lipinski definition) is 0. The van der Waals surface area contributed by atoms with Gasteiger partial charge in [-0.1, -0.05) is 35.9 Å². The normalized spacial score (nSPS) is 10.8. The molecular weight excluding hydrogens is 248 g/mol. The van der Waals surface area contributed by atoms with Crippen LogP contribution < -0.4 is 0 Å². The van der Waals surface area contributed by atoms with Gasteiger partial charge in [0.2, 0.25) is 0 Å². The van der Waals surface area contributed by atoms with Crippen molar-refractivity contribution in [3.8, 4) is 0 Å². The fourth-order valence-corrected chi connectivity index (χ4v) is 2.26. The van der Waals surface area contributed by atoms with Crippen LogP contribution >= 0.6 is 0 Å². The van der Waals surface area contributed by atoms with Crippen LogP contribution in [0.15, 0.2) is 55.0 Å². The van der Waals surface area contributed by atoms with Gasteiger partial charge in [-0.05, 0) is 25.0 Å². The highest BCUT2D eigenvalue weighted by Gasteiger charge is 2.06. The lowest BCUT2D eigenvalue weighted by atomic mass is 10.0. The molecule has 0 bridgehead atoms. The Morgan fingerprint density at radius 3 is 2.75 bits per heavy atom. The molecule has 0 saturated heterocycles. The summed E-state index contributed by atoms with van der Waals surface area (Å²) in [6.07, 6.45) is 7.01. The van der Waals surface area contributed by atoms with Gasteiger partial charge in [-0.3, -0.25) is 4.79 Å². The zero-order valence-electron chi connectivity index (χ0n) is 11.4. The number of pyridine rings is 1. The maximum atomic E-state index is 12.1. The number of aromatic nitrogens is 2. The van der Waals surface area contributed by atoms with Gasteiger partial charge in [0.1, 0.15) is 5.65 Å². The highest BCUT2D eigenvalue weighted by atomic mass is 16.1. The number of fused-ring (bicyclic) bond motifs is 1. The first-order valence-corrected chi connectivity index (χ1v) is 6.74. The number of hydrogen-bond acceptors (Lipinski definition) is 2. The molecule has 100 valence electrons. The summed E-state index contributed by atoms with van der Waals surface area (Å²) in [6.45, 7) is 2.02. The highest BCUT2D eigenvalue weighted by molar-refractivity contribution is 5.96. The van der Waals surface area contributed by atoms with E-state index in [0.29, 0.717) is 6.42 Å². The van der Waals surface area contributed by atoms with Crippen molar-refractivity contribution in [3.05, 3.63) is 71.7 Å². The van der Waals surface area contributed by atoms with Gasteiger partial charge in [0.05, 0.1) is 0 Å². The summed E-state index contributed by atoms with van der Waals surface area (Å²) < 4.78 is 1.98. The largest absolute Gasteiger partial charge is 0.307 e. The molecule has 2 aromatic heterocycles. The van der Waals surface area contributed by atoms with Crippen molar-refractivity contribution in [3.63, 3.8) is 0 Å². The molecule has 0 radical (unpaired) electrons. The Balaban J connectivity index is 1.69. The molecule has 3 nitrogen and oxygen atoms in total. The second-order valence-corrected chi connectivity index (χ2v) is 5.02. The van der Waals surface area contributed by atoms with Crippen LogP contribution in [-0.2, 0) is 6.42 Å². The zero-order valence-corrected chi connectivity index (χ0v) is 11.4. The van der Waals surface area contributed by atoms with Crippen molar-refractivity contribution in [1.82, 2.24) is 9.38 Å². The summed E-state index contributed by atoms with van der Waals surface area (Å²) in [6, 6.07) is 11.8. The number of aryl methyl sites for hydroxylation is 2. The molecule has 0 aliphatic rings. The van der Waals surface area contributed by atoms with Gasteiger partial charge in [-0.15, -0.1) is 0 Å². The quantitative estimate of drug-likeness (QED) is 0.676. The number of nitrogens with zero attached hydrogens (tertiary/aromatic N) is 2. The Bertz CT molecular complexity index is 741. The molecule has 0 aliphatic heterocycles. The minimum Gasteiger partial charge on any atom is -0.307 e. The Morgan fingerprint density at radius 1 is 1.15 bits per heavy atom. The van der Waals surface area contributed by atoms with E-state index in [4.69, 9.17) is 0 Å². The van der Waals surface area contributed by atoms with Crippen molar-refractivity contribution < 1.29 is 4.79 Å². The summed E-state index contributed by atoms with van der Waals surface area (Å²) in [5.74, 6) is 0.190. The van der Waals surface area contributed by atoms with Crippen molar-refractivity contribution >= 4 is 11.4 Å². The summed E-state index contributed by atoms with van der Waals surface area (Å²) in [5.41, 5.74) is 4.04. The molecule has 0 N–H and O–H groups in total. The first-order valence-electron chi connectivity index (χ1n) is 6.74. The number of carbonyl (C=O) groups excluding carboxylic acids is 1. The van der Waals surface area contributed by atoms with Crippen LogP contribution in [0.1, 0.15) is 27.9 Å². The number of carbonyl (C=O) groups is 1. The van der Waals surface area contributed by atoms with E-state index in [2.05, 4.69) is 4.98 Å². The lowest BCUT2D eigenvalue weighted by molar-refractivity contribution is 0.0983. The predicted molar refractivity (Wildman–Crippen MR) is 79.0 cm³/mol. The lowest BCUT2D eigenvalue weighted by Crippen LogP contribution is -2.01. The first kappa shape index (κ1) is 12.6. The summed E-state index contributed by atoms with van der Waals surface area (Å²) in [4.78, 5) is 16.3. The highest BCUT2D eigenvalue weighted by Crippen LogP contribution is 2.11. The molecule has 20 heavy (non-hydrogen) atoms. The molecule has 1 aromatic carbocycles. The maximum absolute atomic E-state index is 12.1. The molecule has 0 spiro atoms. The third-order valence-electron chi connectivity index (χ3n) is 3.46. The van der Waals surface area contributed by atoms with Crippen molar-refractivity contribution in [1.29, 1.82) is 0 Å². The van der Waals surface area contributed by atoms with Crippen molar-refractivity contribution in [2.75, 3.05) is 0 Å². The molecule has 3 aromatic rings. The standard InChI is InChI=1S/C17H16N2O/c1-13-2-6-15(7-3-13)16(20)8-4-14-5-9-17-18-10-11-19(17)12-14/h2-3,5-7,9-12H,4,8H2,1H3. The average molecular weight is 264 g/mol. The molecule has 3 rings (SSSR count). The van der Waals surface area contributed by atoms with E-state index in [-0.39, 0.29) is 5.78 Å². The number of Topliss-reactive ketones (excluding diaryl/α,β-unsaturated/α-hetero) is 1. The number of ketones is 1. The third-order valence-corrected chi connectivity index (χ3v) is 3.46. The van der Waals surface area contributed by atoms with Crippen LogP contribution in [0.2, 0.25) is 0 Å². The number of imidazole rings is 1. The van der Waals surface area contributed by atoms with E-state index < -0.39 is 0 Å². The number of benzene rings is 1. The van der Waals surface area contributed by atoms with Gasteiger partial charge in [0, 0.05) is 30.6 Å². The van der Waals surface area contributed by atoms with Crippen LogP contribution in [0, 0.1) is 6.92 Å². The van der Waals surface area contributed by atoms with Crippen LogP contribution in [0.25, 0.3) is 5.65 Å². The van der Waals surface area contributed by atoms with Crippen LogP contribution in [0.5, 0.6) is 0 Å². The van der Waals surface area contributed by atoms with Gasteiger partial charge in [-0.2, -0.15) is 0 Å². The fourth-order valence-electron chi connectivity index (χ4n) is 2.26. The Hall–Kier alpha value is -2.42. The molecule has 2 heterocycles. The molecule has 0 atom stereocenters. The van der Waals surface area contributed by atoms with Crippen LogP contribution in [0.3, 0.4) is 0 Å². The SMILES string of the molecule is Cc1ccc(C(=O)CCc2ccc3nccn3c2)cc1. The van der Waals surface area contributed by atoms with Gasteiger partial charge < -0.3 is 4.40 Å². The van der Waals surface area contributed by atoms with Gasteiger partial charge >= 0.3 is 0 Å². The Morgan fingerprint density at radius 2 is 1.95 bits per heavy atom. The van der Waals surface area contributed by atoms with Gasteiger partial charge in [0.15, 0.2) is 5.78 Å². The predicted octanol–water partition coefficient (Wildman–Crippen LogP) is 3.46. The van der Waals surface area contributed by atoms with Crippen LogP contribution in [-0.4, -0.2) is 15.2 Å². The monoisotopic (exact) mass is 264 g/mol. The fraction of sp³-hybridized carbons (Fsp3) is 0.176. The van der Waals surface area contributed by atoms with E-state index >= 15 is 0 Å². The zero-order chi connectivity index (χ0) is 13.9. The molecule has 0 fully saturated rings. The van der Waals surface area contributed by atoms with Crippen LogP contribution in [0.4, 0.5) is 0 Å². The molecule has 0 saturated carbocycles. The first-order chi connectivity index (χ1) is 9.72.